The zero-order valence-corrected chi connectivity index (χ0v) is 14.4. The number of nitrogens with zero attached hydrogens (tertiary/aromatic N) is 3. The number of carbonyl (C=O) groups excluding carboxylic acids is 1. The number of hydroxylamine groups is 1. The number of aromatic nitrogens is 2. The largest absolute Gasteiger partial charge is 0.474 e. The van der Waals surface area contributed by atoms with Crippen molar-refractivity contribution in [1.82, 2.24) is 15.4 Å². The molecular formula is C18H18FN5O3. The number of anilines is 1. The number of alkyl halides is 1. The van der Waals surface area contributed by atoms with Crippen molar-refractivity contribution >= 4 is 11.7 Å². The van der Waals surface area contributed by atoms with Gasteiger partial charge in [-0.2, -0.15) is 10.2 Å². The molecule has 1 heterocycles. The third kappa shape index (κ3) is 4.68. The van der Waals surface area contributed by atoms with Gasteiger partial charge in [0.05, 0.1) is 18.2 Å². The Morgan fingerprint density at radius 3 is 2.93 bits per heavy atom. The third-order valence-corrected chi connectivity index (χ3v) is 3.88. The van der Waals surface area contributed by atoms with Crippen LogP contribution in [0.1, 0.15) is 28.8 Å². The van der Waals surface area contributed by atoms with E-state index in [1.54, 1.807) is 24.3 Å². The van der Waals surface area contributed by atoms with Crippen LogP contribution in [0.5, 0.6) is 5.88 Å². The van der Waals surface area contributed by atoms with Gasteiger partial charge in [-0.1, -0.05) is 12.1 Å². The van der Waals surface area contributed by atoms with Crippen LogP contribution in [0.4, 0.5) is 10.2 Å². The number of nitrogens with one attached hydrogen (secondary N) is 1. The first-order valence-electron chi connectivity index (χ1n) is 8.41. The van der Waals surface area contributed by atoms with Crippen LogP contribution in [0.25, 0.3) is 11.4 Å². The molecule has 3 N–H and O–H groups in total. The molecule has 1 aromatic carbocycles. The van der Waals surface area contributed by atoms with E-state index in [1.807, 2.05) is 6.07 Å². The van der Waals surface area contributed by atoms with E-state index in [2.05, 4.69) is 15.4 Å². The van der Waals surface area contributed by atoms with Gasteiger partial charge in [-0.05, 0) is 30.9 Å². The van der Waals surface area contributed by atoms with Gasteiger partial charge in [-0.25, -0.2) is 14.9 Å². The maximum absolute atomic E-state index is 12.6. The number of nitrogens with two attached hydrogens (primary N) is 1. The number of benzene rings is 1. The number of hydrogen-bond acceptors (Lipinski definition) is 7. The van der Waals surface area contributed by atoms with Gasteiger partial charge < -0.3 is 10.5 Å². The van der Waals surface area contributed by atoms with Gasteiger partial charge in [-0.15, -0.1) is 0 Å². The van der Waals surface area contributed by atoms with Crippen LogP contribution in [0.15, 0.2) is 24.3 Å². The van der Waals surface area contributed by atoms with Gasteiger partial charge in [-0.3, -0.25) is 9.63 Å². The number of carbonyl (C=O) groups is 1. The summed E-state index contributed by atoms with van der Waals surface area (Å²) in [4.78, 5) is 25.9. The fourth-order valence-electron chi connectivity index (χ4n) is 2.33. The second kappa shape index (κ2) is 8.42. The van der Waals surface area contributed by atoms with Crippen molar-refractivity contribution < 1.29 is 18.8 Å². The first kappa shape index (κ1) is 18.5. The second-order valence-electron chi connectivity index (χ2n) is 6.03. The number of halogens is 1. The molecule has 0 radical (unpaired) electrons. The van der Waals surface area contributed by atoms with Crippen molar-refractivity contribution in [2.75, 3.05) is 25.6 Å². The minimum Gasteiger partial charge on any atom is -0.474 e. The predicted molar refractivity (Wildman–Crippen MR) is 94.2 cm³/mol. The molecule has 1 aromatic heterocycles. The highest BCUT2D eigenvalue weighted by Gasteiger charge is 2.24. The van der Waals surface area contributed by atoms with Crippen molar-refractivity contribution in [3.8, 4) is 23.3 Å². The third-order valence-electron chi connectivity index (χ3n) is 3.88. The average Bonchev–Trinajstić information content (AvgIpc) is 3.50. The maximum Gasteiger partial charge on any atom is 0.284 e. The molecule has 0 unspecified atom stereocenters. The number of amides is 1. The summed E-state index contributed by atoms with van der Waals surface area (Å²) in [5.41, 5.74) is 9.03. The molecule has 0 aliphatic heterocycles. The minimum absolute atomic E-state index is 0.126. The van der Waals surface area contributed by atoms with Crippen LogP contribution in [0.3, 0.4) is 0 Å². The first-order chi connectivity index (χ1) is 13.1. The Morgan fingerprint density at radius 1 is 1.41 bits per heavy atom. The van der Waals surface area contributed by atoms with Gasteiger partial charge in [0, 0.05) is 5.56 Å². The number of rotatable bonds is 8. The Balaban J connectivity index is 1.89. The molecule has 1 aliphatic carbocycles. The van der Waals surface area contributed by atoms with E-state index in [0.717, 1.165) is 12.8 Å². The van der Waals surface area contributed by atoms with Gasteiger partial charge in [0.1, 0.15) is 24.7 Å². The topological polar surface area (TPSA) is 123 Å². The molecule has 1 aliphatic rings. The Morgan fingerprint density at radius 2 is 2.22 bits per heavy atom. The quantitative estimate of drug-likeness (QED) is 0.680. The van der Waals surface area contributed by atoms with E-state index in [0.29, 0.717) is 23.7 Å². The number of ether oxygens (including phenoxy) is 1. The molecule has 1 saturated carbocycles. The lowest BCUT2D eigenvalue weighted by Crippen LogP contribution is -2.27. The molecule has 0 bridgehead atoms. The van der Waals surface area contributed by atoms with Crippen LogP contribution < -0.4 is 16.0 Å². The van der Waals surface area contributed by atoms with E-state index < -0.39 is 12.6 Å². The lowest BCUT2D eigenvalue weighted by Gasteiger charge is -2.13. The summed E-state index contributed by atoms with van der Waals surface area (Å²) < 4.78 is 17.8. The van der Waals surface area contributed by atoms with Crippen LogP contribution in [0, 0.1) is 17.2 Å². The maximum atomic E-state index is 12.6. The molecule has 9 heteroatoms. The van der Waals surface area contributed by atoms with Crippen molar-refractivity contribution in [1.29, 1.82) is 5.26 Å². The summed E-state index contributed by atoms with van der Waals surface area (Å²) in [6.07, 6.45) is 2.14. The van der Waals surface area contributed by atoms with Gasteiger partial charge in [0.25, 0.3) is 5.91 Å². The van der Waals surface area contributed by atoms with E-state index in [1.165, 1.54) is 0 Å². The summed E-state index contributed by atoms with van der Waals surface area (Å²) in [5.74, 6) is -0.335. The Labute approximate surface area is 155 Å². The predicted octanol–water partition coefficient (Wildman–Crippen LogP) is 2.02. The zero-order chi connectivity index (χ0) is 19.2. The highest BCUT2D eigenvalue weighted by Crippen LogP contribution is 2.29. The SMILES string of the molecule is N#Cc1cccc(-c2nc(N)c(C(=O)NOCC3CC3)c(OCCF)n2)c1. The Hall–Kier alpha value is -3.25. The lowest BCUT2D eigenvalue weighted by molar-refractivity contribution is 0.0267. The lowest BCUT2D eigenvalue weighted by atomic mass is 10.1. The average molecular weight is 371 g/mol. The monoisotopic (exact) mass is 371 g/mol. The fraction of sp³-hybridized carbons (Fsp3) is 0.333. The number of hydrogen-bond donors (Lipinski definition) is 2. The normalized spacial score (nSPS) is 13.0. The van der Waals surface area contributed by atoms with Gasteiger partial charge >= 0.3 is 0 Å². The molecule has 3 rings (SSSR count). The molecule has 0 atom stereocenters. The zero-order valence-electron chi connectivity index (χ0n) is 14.4. The molecule has 0 saturated heterocycles. The Kier molecular flexibility index (Phi) is 5.78. The summed E-state index contributed by atoms with van der Waals surface area (Å²) in [7, 11) is 0. The van der Waals surface area contributed by atoms with Gasteiger partial charge in [0.2, 0.25) is 5.88 Å². The van der Waals surface area contributed by atoms with E-state index in [4.69, 9.17) is 20.6 Å². The minimum atomic E-state index is -0.762. The van der Waals surface area contributed by atoms with Crippen LogP contribution in [-0.2, 0) is 4.84 Å². The highest BCUT2D eigenvalue weighted by molar-refractivity contribution is 6.00. The standard InChI is InChI=1S/C18H18FN5O3/c19-6-7-26-18-14(17(25)24-27-10-11-4-5-11)15(21)22-16(23-18)13-3-1-2-12(8-13)9-20/h1-3,8,11H,4-7,10H2,(H,24,25)(H2,21,22,23). The molecule has 8 nitrogen and oxygen atoms in total. The van der Waals surface area contributed by atoms with Crippen LogP contribution in [-0.4, -0.2) is 35.8 Å². The first-order valence-corrected chi connectivity index (χ1v) is 8.41. The number of nitriles is 1. The molecule has 140 valence electrons. The van der Waals surface area contributed by atoms with E-state index in [9.17, 15) is 9.18 Å². The fourth-order valence-corrected chi connectivity index (χ4v) is 2.33. The molecule has 1 amide bonds. The van der Waals surface area contributed by atoms with Crippen molar-refractivity contribution in [3.05, 3.63) is 35.4 Å². The summed E-state index contributed by atoms with van der Waals surface area (Å²) in [6, 6.07) is 8.58. The van der Waals surface area contributed by atoms with Crippen molar-refractivity contribution in [3.63, 3.8) is 0 Å². The van der Waals surface area contributed by atoms with Crippen molar-refractivity contribution in [2.45, 2.75) is 12.8 Å². The van der Waals surface area contributed by atoms with Gasteiger partial charge in [0.15, 0.2) is 5.82 Å². The van der Waals surface area contributed by atoms with E-state index in [-0.39, 0.29) is 29.7 Å². The molecule has 27 heavy (non-hydrogen) atoms. The molecule has 2 aromatic rings. The smallest absolute Gasteiger partial charge is 0.284 e. The van der Waals surface area contributed by atoms with E-state index >= 15 is 0 Å². The second-order valence-corrected chi connectivity index (χ2v) is 6.03. The van der Waals surface area contributed by atoms with Crippen LogP contribution in [0.2, 0.25) is 0 Å². The summed E-state index contributed by atoms with van der Waals surface area (Å²) in [6.45, 7) is -0.647. The van der Waals surface area contributed by atoms with Crippen LogP contribution >= 0.6 is 0 Å². The molecular weight excluding hydrogens is 353 g/mol. The molecule has 0 spiro atoms. The summed E-state index contributed by atoms with van der Waals surface area (Å²) in [5, 5.41) is 9.03. The van der Waals surface area contributed by atoms with Crippen molar-refractivity contribution in [2.24, 2.45) is 5.92 Å². The molecule has 1 fully saturated rings. The number of nitrogen functional groups attached to an aromatic ring is 1. The summed E-state index contributed by atoms with van der Waals surface area (Å²) >= 11 is 0. The Bertz CT molecular complexity index is 880. The highest BCUT2D eigenvalue weighted by atomic mass is 19.1.